The number of rotatable bonds is 4. The second-order valence-corrected chi connectivity index (χ2v) is 3.73. The number of ether oxygens (including phenoxy) is 1. The molecule has 96 valence electrons. The molecule has 18 heavy (non-hydrogen) atoms. The summed E-state index contributed by atoms with van der Waals surface area (Å²) < 4.78 is 4.48. The Labute approximate surface area is 110 Å². The molecule has 6 heteroatoms. The van der Waals surface area contributed by atoms with Gasteiger partial charge in [0.25, 0.3) is 5.91 Å². The highest BCUT2D eigenvalue weighted by atomic mass is 35.5. The lowest BCUT2D eigenvalue weighted by atomic mass is 10.3. The molecule has 0 aliphatic heterocycles. The molecule has 0 radical (unpaired) electrons. The Morgan fingerprint density at radius 1 is 1.28 bits per heavy atom. The highest BCUT2D eigenvalue weighted by Crippen LogP contribution is 2.15. The number of nitrogens with one attached hydrogen (secondary N) is 2. The summed E-state index contributed by atoms with van der Waals surface area (Å²) in [5.74, 6) is -1.04. The first-order valence-electron chi connectivity index (χ1n) is 5.11. The van der Waals surface area contributed by atoms with Gasteiger partial charge in [0.15, 0.2) is 0 Å². The summed E-state index contributed by atoms with van der Waals surface area (Å²) in [5, 5.41) is 5.82. The van der Waals surface area contributed by atoms with Crippen LogP contribution < -0.4 is 10.6 Å². The lowest BCUT2D eigenvalue weighted by Crippen LogP contribution is -2.25. The summed E-state index contributed by atoms with van der Waals surface area (Å²) in [6, 6.07) is 6.72. The van der Waals surface area contributed by atoms with Crippen molar-refractivity contribution in [1.29, 1.82) is 0 Å². The number of hydrogen-bond acceptors (Lipinski definition) is 4. The Bertz CT molecular complexity index is 469. The van der Waals surface area contributed by atoms with Crippen LogP contribution in [0.15, 0.2) is 36.0 Å². The predicted octanol–water partition coefficient (Wildman–Crippen LogP) is 1.55. The van der Waals surface area contributed by atoms with Gasteiger partial charge in [0.1, 0.15) is 5.70 Å². The maximum atomic E-state index is 11.6. The van der Waals surface area contributed by atoms with Gasteiger partial charge >= 0.3 is 5.97 Å². The van der Waals surface area contributed by atoms with E-state index in [1.165, 1.54) is 14.2 Å². The molecule has 0 spiro atoms. The summed E-state index contributed by atoms with van der Waals surface area (Å²) in [7, 11) is 2.71. The second kappa shape index (κ2) is 6.66. The first-order valence-corrected chi connectivity index (χ1v) is 5.49. The van der Waals surface area contributed by atoms with E-state index in [1.54, 1.807) is 24.3 Å². The van der Waals surface area contributed by atoms with E-state index in [2.05, 4.69) is 15.4 Å². The average molecular weight is 269 g/mol. The van der Waals surface area contributed by atoms with Gasteiger partial charge in [-0.1, -0.05) is 11.6 Å². The third-order valence-electron chi connectivity index (χ3n) is 2.06. The first-order chi connectivity index (χ1) is 8.56. The molecule has 1 rings (SSSR count). The van der Waals surface area contributed by atoms with Crippen molar-refractivity contribution in [1.82, 2.24) is 5.32 Å². The minimum Gasteiger partial charge on any atom is -0.466 e. The number of esters is 1. The van der Waals surface area contributed by atoms with Crippen LogP contribution >= 0.6 is 11.6 Å². The Hall–Kier alpha value is -2.01. The van der Waals surface area contributed by atoms with Crippen molar-refractivity contribution < 1.29 is 14.3 Å². The van der Waals surface area contributed by atoms with Crippen molar-refractivity contribution >= 4 is 29.2 Å². The highest BCUT2D eigenvalue weighted by molar-refractivity contribution is 6.30. The van der Waals surface area contributed by atoms with E-state index in [-0.39, 0.29) is 5.70 Å². The Morgan fingerprint density at radius 3 is 2.39 bits per heavy atom. The normalized spacial score (nSPS) is 10.7. The molecule has 5 nitrogen and oxygen atoms in total. The van der Waals surface area contributed by atoms with Crippen molar-refractivity contribution in [3.8, 4) is 0 Å². The molecule has 0 unspecified atom stereocenters. The maximum absolute atomic E-state index is 11.6. The number of likely N-dealkylation sites (N-methyl/N-ethyl adjacent to an activating group) is 1. The minimum atomic E-state index is -0.616. The van der Waals surface area contributed by atoms with Crippen LogP contribution in [0.1, 0.15) is 0 Å². The van der Waals surface area contributed by atoms with E-state index < -0.39 is 11.9 Å². The van der Waals surface area contributed by atoms with Gasteiger partial charge in [0, 0.05) is 17.8 Å². The molecular formula is C12H13ClN2O3. The molecule has 1 aromatic carbocycles. The molecule has 0 fully saturated rings. The van der Waals surface area contributed by atoms with Gasteiger partial charge in [-0.25, -0.2) is 4.79 Å². The molecule has 0 saturated heterocycles. The van der Waals surface area contributed by atoms with Crippen LogP contribution in [0, 0.1) is 0 Å². The van der Waals surface area contributed by atoms with E-state index in [4.69, 9.17) is 11.6 Å². The Balaban J connectivity index is 2.91. The third-order valence-corrected chi connectivity index (χ3v) is 2.31. The van der Waals surface area contributed by atoms with Gasteiger partial charge in [-0.3, -0.25) is 4.79 Å². The monoisotopic (exact) mass is 268 g/mol. The zero-order valence-corrected chi connectivity index (χ0v) is 10.7. The average Bonchev–Trinajstić information content (AvgIpc) is 2.39. The number of methoxy groups -OCH3 is 1. The number of carbonyl (C=O) groups is 2. The molecule has 0 aromatic heterocycles. The maximum Gasteiger partial charge on any atom is 0.332 e. The lowest BCUT2D eigenvalue weighted by Gasteiger charge is -2.09. The van der Waals surface area contributed by atoms with Gasteiger partial charge in [-0.15, -0.1) is 0 Å². The summed E-state index contributed by atoms with van der Waals surface area (Å²) in [6.45, 7) is 0. The van der Waals surface area contributed by atoms with Crippen LogP contribution in [0.4, 0.5) is 5.69 Å². The van der Waals surface area contributed by atoms with Crippen LogP contribution in [0.25, 0.3) is 0 Å². The van der Waals surface area contributed by atoms with E-state index in [0.717, 1.165) is 6.08 Å². The molecule has 0 heterocycles. The lowest BCUT2D eigenvalue weighted by molar-refractivity contribution is -0.135. The second-order valence-electron chi connectivity index (χ2n) is 3.29. The van der Waals surface area contributed by atoms with Gasteiger partial charge in [-0.05, 0) is 24.3 Å². The number of amides is 1. The fourth-order valence-electron chi connectivity index (χ4n) is 1.16. The molecule has 0 atom stereocenters. The zero-order valence-electron chi connectivity index (χ0n) is 9.99. The molecule has 1 amide bonds. The number of carbonyl (C=O) groups excluding carboxylic acids is 2. The summed E-state index contributed by atoms with van der Waals surface area (Å²) in [5.41, 5.74) is 0.727. The van der Waals surface area contributed by atoms with Crippen LogP contribution in [0.5, 0.6) is 0 Å². The van der Waals surface area contributed by atoms with Gasteiger partial charge in [-0.2, -0.15) is 0 Å². The topological polar surface area (TPSA) is 67.4 Å². The van der Waals surface area contributed by atoms with Crippen molar-refractivity contribution in [2.24, 2.45) is 0 Å². The summed E-state index contributed by atoms with van der Waals surface area (Å²) >= 11 is 5.75. The summed E-state index contributed by atoms with van der Waals surface area (Å²) in [4.78, 5) is 22.7. The van der Waals surface area contributed by atoms with Crippen LogP contribution in [-0.2, 0) is 14.3 Å². The van der Waals surface area contributed by atoms with Crippen molar-refractivity contribution in [3.63, 3.8) is 0 Å². The first kappa shape index (κ1) is 14.1. The van der Waals surface area contributed by atoms with Gasteiger partial charge in [0.2, 0.25) is 0 Å². The number of benzene rings is 1. The largest absolute Gasteiger partial charge is 0.466 e. The van der Waals surface area contributed by atoms with E-state index in [9.17, 15) is 9.59 Å². The van der Waals surface area contributed by atoms with E-state index in [1.807, 2.05) is 0 Å². The third kappa shape index (κ3) is 4.10. The minimum absolute atomic E-state index is 0.0895. The molecule has 0 aliphatic carbocycles. The van der Waals surface area contributed by atoms with Crippen LogP contribution in [-0.4, -0.2) is 26.0 Å². The number of halogens is 1. The van der Waals surface area contributed by atoms with Gasteiger partial charge < -0.3 is 15.4 Å². The molecule has 0 saturated carbocycles. The zero-order chi connectivity index (χ0) is 13.5. The van der Waals surface area contributed by atoms with Crippen LogP contribution in [0.3, 0.4) is 0 Å². The van der Waals surface area contributed by atoms with E-state index >= 15 is 0 Å². The quantitative estimate of drug-likeness (QED) is 0.642. The molecule has 0 aliphatic rings. The fourth-order valence-corrected chi connectivity index (χ4v) is 1.28. The summed E-state index contributed by atoms with van der Waals surface area (Å²) in [6.07, 6.45) is 1.08. The van der Waals surface area contributed by atoms with Crippen molar-refractivity contribution in [2.75, 3.05) is 19.5 Å². The highest BCUT2D eigenvalue weighted by Gasteiger charge is 2.10. The van der Waals surface area contributed by atoms with E-state index in [0.29, 0.717) is 10.7 Å². The standard InChI is InChI=1S/C12H13ClN2O3/c1-14-12(17)10(7-11(16)18-2)15-9-5-3-8(13)4-6-9/h3-7,15H,1-2H3,(H,14,17)/b10-7-. The SMILES string of the molecule is CNC(=O)/C(=C/C(=O)OC)Nc1ccc(Cl)cc1. The fraction of sp³-hybridized carbons (Fsp3) is 0.167. The van der Waals surface area contributed by atoms with Crippen molar-refractivity contribution in [2.45, 2.75) is 0 Å². The molecule has 0 bridgehead atoms. The van der Waals surface area contributed by atoms with Crippen molar-refractivity contribution in [3.05, 3.63) is 41.1 Å². The van der Waals surface area contributed by atoms with Gasteiger partial charge in [0.05, 0.1) is 13.2 Å². The Kier molecular flexibility index (Phi) is 5.20. The number of anilines is 1. The molecule has 1 aromatic rings. The van der Waals surface area contributed by atoms with Crippen LogP contribution in [0.2, 0.25) is 5.02 Å². The molecule has 2 N–H and O–H groups in total. The Morgan fingerprint density at radius 2 is 1.89 bits per heavy atom. The molecular weight excluding hydrogens is 256 g/mol. The smallest absolute Gasteiger partial charge is 0.332 e. The number of hydrogen-bond donors (Lipinski definition) is 2. The predicted molar refractivity (Wildman–Crippen MR) is 69.2 cm³/mol.